The van der Waals surface area contributed by atoms with Gasteiger partial charge in [0.15, 0.2) is 0 Å². The molecule has 0 amide bonds. The minimum absolute atomic E-state index is 0.894. The molecule has 4 heteroatoms. The van der Waals surface area contributed by atoms with Crippen LogP contribution in [-0.2, 0) is 0 Å². The lowest BCUT2D eigenvalue weighted by Crippen LogP contribution is -1.96. The number of rotatable bonds is 2. The van der Waals surface area contributed by atoms with Gasteiger partial charge in [-0.25, -0.2) is 4.98 Å². The Balaban J connectivity index is 1.44. The fourth-order valence-electron chi connectivity index (χ4n) is 6.21. The van der Waals surface area contributed by atoms with Crippen LogP contribution in [0, 0.1) is 0 Å². The summed E-state index contributed by atoms with van der Waals surface area (Å²) >= 11 is 0. The van der Waals surface area contributed by atoms with Gasteiger partial charge < -0.3 is 13.6 Å². The first-order valence-corrected chi connectivity index (χ1v) is 13.2. The van der Waals surface area contributed by atoms with E-state index in [1.165, 1.54) is 0 Å². The fourth-order valence-corrected chi connectivity index (χ4v) is 6.21. The van der Waals surface area contributed by atoms with Crippen LogP contribution in [0.5, 0.6) is 0 Å². The van der Waals surface area contributed by atoms with Crippen LogP contribution in [0.15, 0.2) is 132 Å². The minimum Gasteiger partial charge on any atom is -0.456 e. The van der Waals surface area contributed by atoms with Gasteiger partial charge >= 0.3 is 0 Å². The van der Waals surface area contributed by atoms with Gasteiger partial charge in [-0.3, -0.25) is 0 Å². The molecule has 0 saturated carbocycles. The second-order valence-corrected chi connectivity index (χ2v) is 10.0. The van der Waals surface area contributed by atoms with Crippen LogP contribution in [0.4, 0.5) is 0 Å². The van der Waals surface area contributed by atoms with E-state index in [9.17, 15) is 0 Å². The van der Waals surface area contributed by atoms with E-state index in [2.05, 4.69) is 124 Å². The first-order valence-electron chi connectivity index (χ1n) is 13.2. The highest BCUT2D eigenvalue weighted by Gasteiger charge is 2.20. The number of pyridine rings is 1. The Hall–Kier alpha value is -5.35. The molecule has 0 unspecified atom stereocenters. The lowest BCUT2D eigenvalue weighted by Gasteiger charge is -2.10. The lowest BCUT2D eigenvalue weighted by atomic mass is 10.1. The quantitative estimate of drug-likeness (QED) is 0.238. The van der Waals surface area contributed by atoms with Crippen LogP contribution in [0.3, 0.4) is 0 Å². The second-order valence-electron chi connectivity index (χ2n) is 10.0. The summed E-state index contributed by atoms with van der Waals surface area (Å²) in [7, 11) is 0. The molecule has 4 nitrogen and oxygen atoms in total. The van der Waals surface area contributed by atoms with Crippen molar-refractivity contribution in [3.63, 3.8) is 0 Å². The lowest BCUT2D eigenvalue weighted by molar-refractivity contribution is 0.669. The average molecular weight is 500 g/mol. The number of fused-ring (bicyclic) bond motifs is 9. The van der Waals surface area contributed by atoms with Crippen molar-refractivity contribution >= 4 is 65.8 Å². The van der Waals surface area contributed by atoms with Gasteiger partial charge in [-0.05, 0) is 54.6 Å². The maximum Gasteiger partial charge on any atom is 0.135 e. The van der Waals surface area contributed by atoms with E-state index in [4.69, 9.17) is 9.40 Å². The van der Waals surface area contributed by atoms with Crippen LogP contribution in [0.2, 0.25) is 0 Å². The van der Waals surface area contributed by atoms with E-state index < -0.39 is 0 Å². The van der Waals surface area contributed by atoms with Gasteiger partial charge in [0.25, 0.3) is 0 Å². The predicted molar refractivity (Wildman–Crippen MR) is 160 cm³/mol. The third-order valence-corrected chi connectivity index (χ3v) is 7.90. The van der Waals surface area contributed by atoms with Crippen molar-refractivity contribution in [2.45, 2.75) is 0 Å². The monoisotopic (exact) mass is 499 g/mol. The predicted octanol–water partition coefficient (Wildman–Crippen LogP) is 9.18. The van der Waals surface area contributed by atoms with E-state index in [0.29, 0.717) is 0 Å². The van der Waals surface area contributed by atoms with E-state index in [0.717, 1.165) is 77.2 Å². The molecule has 9 aromatic rings. The topological polar surface area (TPSA) is 35.9 Å². The van der Waals surface area contributed by atoms with E-state index in [1.54, 1.807) is 0 Å². The van der Waals surface area contributed by atoms with Crippen LogP contribution in [0.25, 0.3) is 77.2 Å². The van der Waals surface area contributed by atoms with Crippen molar-refractivity contribution in [3.05, 3.63) is 127 Å². The first kappa shape index (κ1) is 20.7. The summed E-state index contributed by atoms with van der Waals surface area (Å²) in [5, 5.41) is 4.53. The Kier molecular flexibility index (Phi) is 4.02. The molecule has 0 atom stereocenters. The number of benzene rings is 5. The largest absolute Gasteiger partial charge is 0.456 e. The first-order chi connectivity index (χ1) is 19.3. The molecule has 0 radical (unpaired) electrons. The number of hydrogen-bond donors (Lipinski definition) is 0. The van der Waals surface area contributed by atoms with Gasteiger partial charge in [0.1, 0.15) is 11.2 Å². The zero-order valence-electron chi connectivity index (χ0n) is 20.9. The Morgan fingerprint density at radius 2 is 0.974 bits per heavy atom. The smallest absolute Gasteiger partial charge is 0.135 e. The van der Waals surface area contributed by atoms with Crippen molar-refractivity contribution in [1.29, 1.82) is 0 Å². The van der Waals surface area contributed by atoms with Crippen molar-refractivity contribution < 1.29 is 4.42 Å². The zero-order chi connectivity index (χ0) is 25.5. The van der Waals surface area contributed by atoms with Gasteiger partial charge in [-0.2, -0.15) is 0 Å². The summed E-state index contributed by atoms with van der Waals surface area (Å²) in [5.74, 6) is 0. The van der Waals surface area contributed by atoms with Crippen molar-refractivity contribution in [3.8, 4) is 11.4 Å². The Morgan fingerprint density at radius 3 is 1.69 bits per heavy atom. The Bertz CT molecular complexity index is 2390. The van der Waals surface area contributed by atoms with Gasteiger partial charge in [-0.15, -0.1) is 0 Å². The molecule has 0 aliphatic carbocycles. The van der Waals surface area contributed by atoms with Crippen LogP contribution in [-0.4, -0.2) is 14.1 Å². The van der Waals surface area contributed by atoms with Crippen LogP contribution in [0.1, 0.15) is 0 Å². The van der Waals surface area contributed by atoms with Crippen molar-refractivity contribution in [2.24, 2.45) is 0 Å². The number of aromatic nitrogens is 3. The summed E-state index contributed by atoms with van der Waals surface area (Å²) < 4.78 is 10.8. The third kappa shape index (κ3) is 2.80. The summed E-state index contributed by atoms with van der Waals surface area (Å²) in [6.07, 6.45) is 0. The molecule has 0 aliphatic rings. The highest BCUT2D eigenvalue weighted by molar-refractivity contribution is 6.15. The molecule has 0 N–H and O–H groups in total. The molecule has 0 saturated heterocycles. The maximum atomic E-state index is 6.13. The third-order valence-electron chi connectivity index (χ3n) is 7.90. The highest BCUT2D eigenvalue weighted by Crippen LogP contribution is 2.38. The van der Waals surface area contributed by atoms with E-state index >= 15 is 0 Å². The Labute approximate surface area is 222 Å². The maximum absolute atomic E-state index is 6.13. The molecule has 39 heavy (non-hydrogen) atoms. The van der Waals surface area contributed by atoms with Gasteiger partial charge in [0.05, 0.1) is 33.1 Å². The standard InChI is InChI=1S/C35H21N3O/c1-2-10-22(11-3-1)37-28-15-7-4-13-25(28)34-30(37)21-31-35(36-34)26-14-5-8-16-29(26)38(31)23-18-19-33-27(20-23)24-12-6-9-17-32(24)39-33/h1-21H. The highest BCUT2D eigenvalue weighted by atomic mass is 16.3. The van der Waals surface area contributed by atoms with Gasteiger partial charge in [0, 0.05) is 32.9 Å². The number of nitrogens with zero attached hydrogens (tertiary/aromatic N) is 3. The summed E-state index contributed by atoms with van der Waals surface area (Å²) in [5.41, 5.74) is 10.5. The molecule has 5 aromatic carbocycles. The molecular weight excluding hydrogens is 478 g/mol. The minimum atomic E-state index is 0.894. The SMILES string of the molecule is c1ccc(-n2c3ccccc3c3nc4c5ccccc5n(-c5ccc6oc7ccccc7c6c5)c4cc32)cc1. The molecule has 9 rings (SSSR count). The van der Waals surface area contributed by atoms with Crippen molar-refractivity contribution in [1.82, 2.24) is 14.1 Å². The van der Waals surface area contributed by atoms with Crippen molar-refractivity contribution in [2.75, 3.05) is 0 Å². The summed E-state index contributed by atoms with van der Waals surface area (Å²) in [6.45, 7) is 0. The normalized spacial score (nSPS) is 12.1. The molecular formula is C35H21N3O. The zero-order valence-corrected chi connectivity index (χ0v) is 20.9. The van der Waals surface area contributed by atoms with Crippen LogP contribution < -0.4 is 0 Å². The molecule has 4 aromatic heterocycles. The number of furan rings is 1. The number of hydrogen-bond acceptors (Lipinski definition) is 2. The molecule has 182 valence electrons. The van der Waals surface area contributed by atoms with Gasteiger partial charge in [0.2, 0.25) is 0 Å². The number of para-hydroxylation sites is 4. The Morgan fingerprint density at radius 1 is 0.410 bits per heavy atom. The van der Waals surface area contributed by atoms with E-state index in [1.807, 2.05) is 12.1 Å². The summed E-state index contributed by atoms with van der Waals surface area (Å²) in [6, 6.07) is 44.6. The fraction of sp³-hybridized carbons (Fsp3) is 0. The molecule has 0 fully saturated rings. The molecule has 0 aliphatic heterocycles. The second kappa shape index (κ2) is 7.59. The average Bonchev–Trinajstić information content (AvgIpc) is 3.63. The molecule has 0 bridgehead atoms. The molecule has 0 spiro atoms. The van der Waals surface area contributed by atoms with Crippen LogP contribution >= 0.6 is 0 Å². The van der Waals surface area contributed by atoms with E-state index in [-0.39, 0.29) is 0 Å². The molecule has 4 heterocycles. The summed E-state index contributed by atoms with van der Waals surface area (Å²) in [4.78, 5) is 5.37. The van der Waals surface area contributed by atoms with Gasteiger partial charge in [-0.1, -0.05) is 72.8 Å².